The van der Waals surface area contributed by atoms with E-state index in [4.69, 9.17) is 0 Å². The lowest BCUT2D eigenvalue weighted by molar-refractivity contribution is 0.336. The molecule has 2 aliphatic rings. The molecule has 0 radical (unpaired) electrons. The minimum atomic E-state index is 0.939. The maximum absolute atomic E-state index is 4.15. The second-order valence-corrected chi connectivity index (χ2v) is 4.99. The van der Waals surface area contributed by atoms with Crippen molar-refractivity contribution in [2.45, 2.75) is 38.2 Å². The zero-order valence-electron chi connectivity index (χ0n) is 8.47. The van der Waals surface area contributed by atoms with Gasteiger partial charge in [0.05, 0.1) is 0 Å². The van der Waals surface area contributed by atoms with Crippen LogP contribution in [-0.2, 0) is 0 Å². The fraction of sp³-hybridized carbons (Fsp3) is 0.667. The minimum Gasteiger partial charge on any atom is -0.104 e. The Hall–Kier alpha value is -0.455. The molecular formula is C12H19B. The van der Waals surface area contributed by atoms with Crippen molar-refractivity contribution in [3.05, 3.63) is 24.8 Å². The molecule has 0 aromatic heterocycles. The molecule has 70 valence electrons. The van der Waals surface area contributed by atoms with Crippen molar-refractivity contribution in [2.24, 2.45) is 11.8 Å². The maximum atomic E-state index is 4.15. The molecule has 0 spiro atoms. The zero-order valence-corrected chi connectivity index (χ0v) is 8.47. The van der Waals surface area contributed by atoms with Crippen molar-refractivity contribution < 1.29 is 0 Å². The topological polar surface area (TPSA) is 0 Å². The lowest BCUT2D eigenvalue weighted by Crippen LogP contribution is -2.31. The Kier molecular flexibility index (Phi) is 2.62. The number of fused-ring (bicyclic) bond motifs is 2. The van der Waals surface area contributed by atoms with Gasteiger partial charge in [-0.1, -0.05) is 37.2 Å². The van der Waals surface area contributed by atoms with E-state index in [0.29, 0.717) is 0 Å². The molecule has 2 fully saturated rings. The summed E-state index contributed by atoms with van der Waals surface area (Å²) in [5, 5.41) is 0. The van der Waals surface area contributed by atoms with Gasteiger partial charge in [-0.15, -0.1) is 6.58 Å². The van der Waals surface area contributed by atoms with E-state index in [1.807, 2.05) is 0 Å². The molecule has 0 aromatic carbocycles. The molecule has 13 heavy (non-hydrogen) atoms. The van der Waals surface area contributed by atoms with Gasteiger partial charge >= 0.3 is 0 Å². The molecule has 1 aliphatic carbocycles. The van der Waals surface area contributed by atoms with Crippen molar-refractivity contribution in [3.8, 4) is 0 Å². The molecule has 1 saturated carbocycles. The van der Waals surface area contributed by atoms with E-state index < -0.39 is 0 Å². The molecule has 1 heterocycles. The summed E-state index contributed by atoms with van der Waals surface area (Å²) in [6, 6.07) is 0. The van der Waals surface area contributed by atoms with Crippen LogP contribution in [0.1, 0.15) is 19.3 Å². The van der Waals surface area contributed by atoms with Crippen LogP contribution in [0.25, 0.3) is 0 Å². The molecule has 0 nitrogen and oxygen atoms in total. The van der Waals surface area contributed by atoms with Gasteiger partial charge in [0.15, 0.2) is 0 Å². The average molecular weight is 174 g/mol. The van der Waals surface area contributed by atoms with Gasteiger partial charge in [0.1, 0.15) is 6.71 Å². The molecule has 2 rings (SSSR count). The fourth-order valence-electron chi connectivity index (χ4n) is 3.36. The van der Waals surface area contributed by atoms with Crippen LogP contribution in [0.5, 0.6) is 0 Å². The fourth-order valence-corrected chi connectivity index (χ4v) is 3.36. The summed E-state index contributed by atoms with van der Waals surface area (Å²) in [6.07, 6.45) is 10.3. The molecule has 1 saturated heterocycles. The molecule has 2 bridgehead atoms. The highest BCUT2D eigenvalue weighted by atomic mass is 14.3. The number of hydrogen-bond donors (Lipinski definition) is 0. The van der Waals surface area contributed by atoms with Gasteiger partial charge in [0.2, 0.25) is 0 Å². The van der Waals surface area contributed by atoms with Crippen LogP contribution in [0, 0.1) is 11.8 Å². The van der Waals surface area contributed by atoms with Gasteiger partial charge in [-0.05, 0) is 31.1 Å². The first-order valence-electron chi connectivity index (χ1n) is 5.55. The molecular weight excluding hydrogens is 155 g/mol. The Morgan fingerprint density at radius 1 is 1.31 bits per heavy atom. The van der Waals surface area contributed by atoms with E-state index in [2.05, 4.69) is 19.2 Å². The van der Waals surface area contributed by atoms with Crippen molar-refractivity contribution in [3.63, 3.8) is 0 Å². The van der Waals surface area contributed by atoms with Gasteiger partial charge in [-0.25, -0.2) is 0 Å². The quantitative estimate of drug-likeness (QED) is 0.442. The zero-order chi connectivity index (χ0) is 9.26. The highest BCUT2D eigenvalue weighted by Crippen LogP contribution is 2.43. The lowest BCUT2D eigenvalue weighted by Gasteiger charge is -2.38. The summed E-state index contributed by atoms with van der Waals surface area (Å²) in [4.78, 5) is 0. The first-order valence-corrected chi connectivity index (χ1v) is 5.55. The van der Waals surface area contributed by atoms with Gasteiger partial charge < -0.3 is 0 Å². The molecule has 1 aliphatic heterocycles. The summed E-state index contributed by atoms with van der Waals surface area (Å²) in [5.41, 5.74) is 1.51. The van der Waals surface area contributed by atoms with Crippen LogP contribution < -0.4 is 0 Å². The van der Waals surface area contributed by atoms with Crippen molar-refractivity contribution in [1.82, 2.24) is 0 Å². The van der Waals surface area contributed by atoms with Gasteiger partial charge in [0, 0.05) is 0 Å². The van der Waals surface area contributed by atoms with Gasteiger partial charge in [-0.3, -0.25) is 0 Å². The first-order chi connectivity index (χ1) is 6.28. The summed E-state index contributed by atoms with van der Waals surface area (Å²) in [7, 11) is 0. The molecule has 0 aromatic rings. The predicted octanol–water partition coefficient (Wildman–Crippen LogP) is 3.65. The van der Waals surface area contributed by atoms with Crippen molar-refractivity contribution >= 4 is 6.71 Å². The van der Waals surface area contributed by atoms with Crippen molar-refractivity contribution in [2.75, 3.05) is 0 Å². The van der Waals surface area contributed by atoms with Crippen LogP contribution in [0.3, 0.4) is 0 Å². The van der Waals surface area contributed by atoms with E-state index in [1.165, 1.54) is 43.8 Å². The average Bonchev–Trinajstić information content (AvgIpc) is 2.01. The highest BCUT2D eigenvalue weighted by molar-refractivity contribution is 6.59. The van der Waals surface area contributed by atoms with Crippen LogP contribution in [0.4, 0.5) is 0 Å². The second-order valence-electron chi connectivity index (χ2n) is 4.99. The third-order valence-electron chi connectivity index (χ3n) is 3.65. The standard InChI is InChI=1S/C12H19B/c1-3-4-13-8-11-5-10(2)6-12(7-11)9-13/h3,11-12H,1-2,4-9H2. The van der Waals surface area contributed by atoms with E-state index >= 15 is 0 Å². The van der Waals surface area contributed by atoms with Crippen LogP contribution in [-0.4, -0.2) is 6.71 Å². The molecule has 1 heteroatoms. The monoisotopic (exact) mass is 174 g/mol. The third-order valence-corrected chi connectivity index (χ3v) is 3.65. The molecule has 2 unspecified atom stereocenters. The largest absolute Gasteiger partial charge is 0.144 e. The maximum Gasteiger partial charge on any atom is 0.144 e. The van der Waals surface area contributed by atoms with Crippen LogP contribution in [0.2, 0.25) is 19.0 Å². The number of allylic oxidation sites excluding steroid dienone is 2. The SMILES string of the molecule is C=CCB1CC2CC(=C)CC(C1)C2. The predicted molar refractivity (Wildman–Crippen MR) is 60.3 cm³/mol. The van der Waals surface area contributed by atoms with E-state index in [0.717, 1.165) is 18.5 Å². The van der Waals surface area contributed by atoms with Crippen molar-refractivity contribution in [1.29, 1.82) is 0 Å². The highest BCUT2D eigenvalue weighted by Gasteiger charge is 2.33. The Balaban J connectivity index is 1.97. The third kappa shape index (κ3) is 2.07. The van der Waals surface area contributed by atoms with Crippen LogP contribution >= 0.6 is 0 Å². The normalized spacial score (nSPS) is 33.2. The Morgan fingerprint density at radius 3 is 2.46 bits per heavy atom. The Labute approximate surface area is 82.2 Å². The molecule has 0 amide bonds. The van der Waals surface area contributed by atoms with Crippen LogP contribution in [0.15, 0.2) is 24.8 Å². The van der Waals surface area contributed by atoms with E-state index in [9.17, 15) is 0 Å². The van der Waals surface area contributed by atoms with Gasteiger partial charge in [0.25, 0.3) is 0 Å². The summed E-state index contributed by atoms with van der Waals surface area (Å²) in [5.74, 6) is 1.93. The summed E-state index contributed by atoms with van der Waals surface area (Å²) >= 11 is 0. The smallest absolute Gasteiger partial charge is 0.104 e. The Bertz CT molecular complexity index is 203. The lowest BCUT2D eigenvalue weighted by atomic mass is 9.34. The minimum absolute atomic E-state index is 0.939. The molecule has 0 N–H and O–H groups in total. The number of rotatable bonds is 2. The molecule has 2 atom stereocenters. The summed E-state index contributed by atoms with van der Waals surface area (Å²) in [6.45, 7) is 8.93. The van der Waals surface area contributed by atoms with Gasteiger partial charge in [-0.2, -0.15) is 0 Å². The van der Waals surface area contributed by atoms with E-state index in [1.54, 1.807) is 0 Å². The number of hydrogen-bond acceptors (Lipinski definition) is 0. The first kappa shape index (κ1) is 9.11. The Morgan fingerprint density at radius 2 is 1.92 bits per heavy atom. The second kappa shape index (κ2) is 3.73. The van der Waals surface area contributed by atoms with E-state index in [-0.39, 0.29) is 0 Å². The summed E-state index contributed by atoms with van der Waals surface area (Å²) < 4.78 is 0.